The Bertz CT molecular complexity index is 395. The lowest BCUT2D eigenvalue weighted by Gasteiger charge is -2.15. The molecule has 0 aliphatic heterocycles. The second-order valence-corrected chi connectivity index (χ2v) is 3.06. The summed E-state index contributed by atoms with van der Waals surface area (Å²) in [5.41, 5.74) is 5.45. The molecule has 16 heavy (non-hydrogen) atoms. The van der Waals surface area contributed by atoms with Crippen LogP contribution in [0.5, 0.6) is 5.88 Å². The molecule has 0 bridgehead atoms. The number of nitrogens with two attached hydrogens (primary N) is 1. The third-order valence-electron chi connectivity index (χ3n) is 1.97. The van der Waals surface area contributed by atoms with Crippen molar-refractivity contribution in [2.45, 2.75) is 12.2 Å². The maximum Gasteiger partial charge on any atom is 0.335 e. The average Bonchev–Trinajstić information content (AvgIpc) is 2.27. The van der Waals surface area contributed by atoms with Crippen LogP contribution in [-0.4, -0.2) is 39.5 Å². The Morgan fingerprint density at radius 1 is 1.50 bits per heavy atom. The maximum atomic E-state index is 10.5. The van der Waals surface area contributed by atoms with Gasteiger partial charge in [-0.2, -0.15) is 0 Å². The van der Waals surface area contributed by atoms with E-state index >= 15 is 0 Å². The molecule has 0 radical (unpaired) electrons. The number of aliphatic carboxylic acids is 1. The van der Waals surface area contributed by atoms with Crippen LogP contribution in [0, 0.1) is 0 Å². The fourth-order valence-electron chi connectivity index (χ4n) is 1.10. The Balaban J connectivity index is 3.06. The summed E-state index contributed by atoms with van der Waals surface area (Å²) in [6, 6.07) is 2.86. The molecule has 0 aromatic carbocycles. The van der Waals surface area contributed by atoms with Gasteiger partial charge in [0.05, 0.1) is 18.5 Å². The van der Waals surface area contributed by atoms with Crippen LogP contribution >= 0.6 is 0 Å². The van der Waals surface area contributed by atoms with E-state index in [0.29, 0.717) is 0 Å². The van der Waals surface area contributed by atoms with Gasteiger partial charge in [0.2, 0.25) is 5.88 Å². The Hall–Kier alpha value is -1.86. The van der Waals surface area contributed by atoms with Gasteiger partial charge in [0, 0.05) is 6.07 Å². The van der Waals surface area contributed by atoms with Crippen LogP contribution in [0.25, 0.3) is 0 Å². The van der Waals surface area contributed by atoms with Crippen molar-refractivity contribution in [1.29, 1.82) is 0 Å². The van der Waals surface area contributed by atoms with Gasteiger partial charge in [-0.3, -0.25) is 0 Å². The quantitative estimate of drug-likeness (QED) is 0.528. The molecular weight excluding hydrogens is 216 g/mol. The Morgan fingerprint density at radius 2 is 2.12 bits per heavy atom. The lowest BCUT2D eigenvalue weighted by Crippen LogP contribution is -2.28. The number of methoxy groups -OCH3 is 1. The largest absolute Gasteiger partial charge is 0.481 e. The van der Waals surface area contributed by atoms with Crippen molar-refractivity contribution >= 4 is 11.7 Å². The number of aliphatic hydroxyl groups excluding tert-OH is 2. The first-order valence-corrected chi connectivity index (χ1v) is 4.36. The summed E-state index contributed by atoms with van der Waals surface area (Å²) in [5.74, 6) is -1.39. The van der Waals surface area contributed by atoms with E-state index in [4.69, 9.17) is 20.7 Å². The lowest BCUT2D eigenvalue weighted by atomic mass is 10.1. The number of carboxylic acid groups (broad SMARTS) is 1. The highest BCUT2D eigenvalue weighted by Crippen LogP contribution is 2.23. The number of ether oxygens (including phenoxy) is 1. The van der Waals surface area contributed by atoms with E-state index in [-0.39, 0.29) is 17.3 Å². The molecule has 5 N–H and O–H groups in total. The zero-order valence-electron chi connectivity index (χ0n) is 8.49. The van der Waals surface area contributed by atoms with Crippen LogP contribution in [0.4, 0.5) is 5.69 Å². The van der Waals surface area contributed by atoms with Crippen molar-refractivity contribution < 1.29 is 24.9 Å². The topological polar surface area (TPSA) is 126 Å². The van der Waals surface area contributed by atoms with Crippen LogP contribution in [0.15, 0.2) is 12.1 Å². The molecule has 0 amide bonds. The SMILES string of the molecule is COc1ccc(N)c(C(O)C(O)C(=O)O)n1. The Morgan fingerprint density at radius 3 is 2.62 bits per heavy atom. The summed E-state index contributed by atoms with van der Waals surface area (Å²) in [6.07, 6.45) is -3.69. The fourth-order valence-corrected chi connectivity index (χ4v) is 1.10. The molecule has 0 saturated carbocycles. The van der Waals surface area contributed by atoms with Gasteiger partial charge in [-0.1, -0.05) is 0 Å². The van der Waals surface area contributed by atoms with Gasteiger partial charge in [0.25, 0.3) is 0 Å². The van der Waals surface area contributed by atoms with Crippen LogP contribution in [0.2, 0.25) is 0 Å². The highest BCUT2D eigenvalue weighted by atomic mass is 16.5. The number of aliphatic hydroxyl groups is 2. The maximum absolute atomic E-state index is 10.5. The molecule has 0 aliphatic rings. The third kappa shape index (κ3) is 2.38. The van der Waals surface area contributed by atoms with Crippen molar-refractivity contribution in [1.82, 2.24) is 4.98 Å². The van der Waals surface area contributed by atoms with Crippen molar-refractivity contribution in [3.8, 4) is 5.88 Å². The molecule has 88 valence electrons. The Labute approximate surface area is 91.1 Å². The van der Waals surface area contributed by atoms with Crippen LogP contribution in [0.3, 0.4) is 0 Å². The molecule has 1 aromatic heterocycles. The van der Waals surface area contributed by atoms with Crippen molar-refractivity contribution in [2.24, 2.45) is 0 Å². The normalized spacial score (nSPS) is 14.2. The number of nitrogens with zero attached hydrogens (tertiary/aromatic N) is 1. The van der Waals surface area contributed by atoms with Crippen LogP contribution in [0.1, 0.15) is 11.8 Å². The van der Waals surface area contributed by atoms with E-state index in [1.807, 2.05) is 0 Å². The molecule has 0 spiro atoms. The first kappa shape index (κ1) is 12.2. The van der Waals surface area contributed by atoms with Gasteiger partial charge in [-0.15, -0.1) is 0 Å². The molecule has 0 fully saturated rings. The minimum absolute atomic E-state index is 0.0774. The van der Waals surface area contributed by atoms with E-state index in [0.717, 1.165) is 0 Å². The predicted molar refractivity (Wildman–Crippen MR) is 53.8 cm³/mol. The number of anilines is 1. The molecule has 1 aromatic rings. The van der Waals surface area contributed by atoms with E-state index in [1.165, 1.54) is 19.2 Å². The minimum atomic E-state index is -1.98. The summed E-state index contributed by atoms with van der Waals surface area (Å²) in [7, 11) is 1.36. The molecule has 2 unspecified atom stereocenters. The standard InChI is InChI=1S/C9H12N2O5/c1-16-5-3-2-4(10)6(11-5)7(12)8(13)9(14)15/h2-3,7-8,12-13H,10H2,1H3,(H,14,15). The molecule has 7 heteroatoms. The summed E-state index contributed by atoms with van der Waals surface area (Å²) < 4.78 is 4.79. The molecule has 2 atom stereocenters. The number of rotatable bonds is 4. The Kier molecular flexibility index (Phi) is 3.64. The predicted octanol–water partition coefficient (Wildman–Crippen LogP) is -0.849. The number of carbonyl (C=O) groups is 1. The average molecular weight is 228 g/mol. The van der Waals surface area contributed by atoms with Gasteiger partial charge < -0.3 is 25.8 Å². The second-order valence-electron chi connectivity index (χ2n) is 3.06. The highest BCUT2D eigenvalue weighted by molar-refractivity contribution is 5.73. The fraction of sp³-hybridized carbons (Fsp3) is 0.333. The second kappa shape index (κ2) is 4.77. The van der Waals surface area contributed by atoms with Crippen molar-refractivity contribution in [3.05, 3.63) is 17.8 Å². The van der Waals surface area contributed by atoms with E-state index in [2.05, 4.69) is 4.98 Å². The van der Waals surface area contributed by atoms with Gasteiger partial charge in [0.15, 0.2) is 6.10 Å². The lowest BCUT2D eigenvalue weighted by molar-refractivity contribution is -0.153. The first-order valence-electron chi connectivity index (χ1n) is 4.36. The molecule has 0 aliphatic carbocycles. The van der Waals surface area contributed by atoms with Crippen LogP contribution in [-0.2, 0) is 4.79 Å². The van der Waals surface area contributed by atoms with E-state index in [1.54, 1.807) is 0 Å². The molecule has 0 saturated heterocycles. The molecule has 1 rings (SSSR count). The molecular formula is C9H12N2O5. The minimum Gasteiger partial charge on any atom is -0.481 e. The van der Waals surface area contributed by atoms with Gasteiger partial charge in [-0.25, -0.2) is 9.78 Å². The third-order valence-corrected chi connectivity index (χ3v) is 1.97. The highest BCUT2D eigenvalue weighted by Gasteiger charge is 2.28. The zero-order chi connectivity index (χ0) is 12.3. The first-order chi connectivity index (χ1) is 7.47. The number of hydrogen-bond acceptors (Lipinski definition) is 6. The van der Waals surface area contributed by atoms with Gasteiger partial charge in [-0.05, 0) is 6.07 Å². The number of carboxylic acids is 1. The zero-order valence-corrected chi connectivity index (χ0v) is 8.49. The number of pyridine rings is 1. The summed E-state index contributed by atoms with van der Waals surface area (Å²) >= 11 is 0. The number of aromatic nitrogens is 1. The monoisotopic (exact) mass is 228 g/mol. The number of nitrogen functional groups attached to an aromatic ring is 1. The van der Waals surface area contributed by atoms with Gasteiger partial charge in [0.1, 0.15) is 6.10 Å². The van der Waals surface area contributed by atoms with Gasteiger partial charge >= 0.3 is 5.97 Å². The molecule has 1 heterocycles. The summed E-state index contributed by atoms with van der Waals surface area (Å²) in [6.45, 7) is 0. The van der Waals surface area contributed by atoms with Crippen molar-refractivity contribution in [3.63, 3.8) is 0 Å². The van der Waals surface area contributed by atoms with Crippen molar-refractivity contribution in [2.75, 3.05) is 12.8 Å². The number of hydrogen-bond donors (Lipinski definition) is 4. The molecule has 7 nitrogen and oxygen atoms in total. The van der Waals surface area contributed by atoms with E-state index in [9.17, 15) is 9.90 Å². The summed E-state index contributed by atoms with van der Waals surface area (Å²) in [5, 5.41) is 27.2. The van der Waals surface area contributed by atoms with Crippen LogP contribution < -0.4 is 10.5 Å². The smallest absolute Gasteiger partial charge is 0.335 e. The summed E-state index contributed by atoms with van der Waals surface area (Å²) in [4.78, 5) is 14.2. The van der Waals surface area contributed by atoms with E-state index < -0.39 is 18.2 Å².